The highest BCUT2D eigenvalue weighted by molar-refractivity contribution is 5.99. The van der Waals surface area contributed by atoms with Gasteiger partial charge in [0, 0.05) is 22.5 Å². The van der Waals surface area contributed by atoms with Crippen molar-refractivity contribution in [1.82, 2.24) is 26.3 Å². The lowest BCUT2D eigenvalue weighted by Crippen LogP contribution is -2.75. The first-order valence-corrected chi connectivity index (χ1v) is 18.4. The summed E-state index contributed by atoms with van der Waals surface area (Å²) >= 11 is 0. The molecule has 4 rings (SSSR count). The fourth-order valence-corrected chi connectivity index (χ4v) is 7.76. The average Bonchev–Trinajstić information content (AvgIpc) is 3.34. The summed E-state index contributed by atoms with van der Waals surface area (Å²) in [6.45, 7) is 23.2. The van der Waals surface area contributed by atoms with Gasteiger partial charge in [0.2, 0.25) is 17.7 Å². The summed E-state index contributed by atoms with van der Waals surface area (Å²) in [6, 6.07) is 16.0. The standard InChI is InChI=1S/C41H60N5O6/c1-25(2)39(12,32(47)42-36(5,6)7)43-33(48)40(13,26(3)4)44-34(49)41(23-37(8,9)46(51)38(10,11)24-41)45-35(50)52-22-31-29-20-16-14-18-27(29)28-19-15-17-21-30(28)31/h14-21,25-26,31H,22-24H2,1-13H3,(H,42,47)(H,43,48)(H,44,49)(H,45,50)/t39-,40-/m0/s1. The quantitative estimate of drug-likeness (QED) is 0.229. The van der Waals surface area contributed by atoms with Gasteiger partial charge >= 0.3 is 6.09 Å². The van der Waals surface area contributed by atoms with Gasteiger partial charge in [-0.15, -0.1) is 10.3 Å². The van der Waals surface area contributed by atoms with Crippen LogP contribution in [-0.4, -0.2) is 68.7 Å². The first kappa shape index (κ1) is 40.8. The van der Waals surface area contributed by atoms with E-state index in [-0.39, 0.29) is 37.2 Å². The number of alkyl carbamates (subject to hydrolysis) is 1. The molecule has 2 aromatic rings. The number of ether oxygens (including phenoxy) is 1. The second kappa shape index (κ2) is 14.1. The van der Waals surface area contributed by atoms with Crippen LogP contribution in [0.4, 0.5) is 4.79 Å². The zero-order valence-electron chi connectivity index (χ0n) is 33.4. The van der Waals surface area contributed by atoms with Gasteiger partial charge in [0.15, 0.2) is 0 Å². The minimum Gasteiger partial charge on any atom is -0.449 e. The van der Waals surface area contributed by atoms with Gasteiger partial charge in [-0.05, 0) is 109 Å². The molecule has 1 aliphatic heterocycles. The first-order chi connectivity index (χ1) is 23.8. The molecule has 52 heavy (non-hydrogen) atoms. The molecule has 4 N–H and O–H groups in total. The molecule has 2 atom stereocenters. The number of rotatable bonds is 10. The molecule has 1 fully saturated rings. The lowest BCUT2D eigenvalue weighted by molar-refractivity contribution is -0.295. The van der Waals surface area contributed by atoms with E-state index in [0.717, 1.165) is 27.3 Å². The molecule has 1 radical (unpaired) electrons. The number of carbonyl (C=O) groups excluding carboxylic acids is 4. The molecule has 11 nitrogen and oxygen atoms in total. The molecule has 1 aliphatic carbocycles. The summed E-state index contributed by atoms with van der Waals surface area (Å²) in [4.78, 5) is 56.5. The molecule has 0 bridgehead atoms. The Morgan fingerprint density at radius 2 is 1.15 bits per heavy atom. The van der Waals surface area contributed by atoms with E-state index >= 15 is 0 Å². The van der Waals surface area contributed by atoms with E-state index in [1.807, 2.05) is 84.9 Å². The largest absolute Gasteiger partial charge is 0.449 e. The zero-order chi connectivity index (χ0) is 39.2. The van der Waals surface area contributed by atoms with Crippen molar-refractivity contribution in [3.8, 4) is 11.1 Å². The number of hydrogen-bond acceptors (Lipinski definition) is 6. The van der Waals surface area contributed by atoms with Crippen LogP contribution in [0, 0.1) is 11.8 Å². The number of amides is 4. The van der Waals surface area contributed by atoms with Gasteiger partial charge in [-0.3, -0.25) is 14.4 Å². The van der Waals surface area contributed by atoms with Crippen LogP contribution in [-0.2, 0) is 24.3 Å². The van der Waals surface area contributed by atoms with E-state index in [1.54, 1.807) is 41.5 Å². The zero-order valence-corrected chi connectivity index (χ0v) is 33.4. The molecule has 0 spiro atoms. The van der Waals surface area contributed by atoms with Crippen LogP contribution in [0.2, 0.25) is 0 Å². The van der Waals surface area contributed by atoms with E-state index in [4.69, 9.17) is 4.74 Å². The Hall–Kier alpha value is -3.96. The summed E-state index contributed by atoms with van der Waals surface area (Å²) in [5.41, 5.74) is -2.87. The third kappa shape index (κ3) is 7.86. The molecule has 1 heterocycles. The molecule has 2 aromatic carbocycles. The number of benzene rings is 2. The minimum absolute atomic E-state index is 0.0363. The van der Waals surface area contributed by atoms with Crippen LogP contribution < -0.4 is 21.3 Å². The molecule has 1 saturated heterocycles. The number of carbonyl (C=O) groups is 4. The Labute approximate surface area is 310 Å². The summed E-state index contributed by atoms with van der Waals surface area (Å²) in [6.07, 6.45) is -0.891. The van der Waals surface area contributed by atoms with Crippen molar-refractivity contribution in [3.05, 3.63) is 59.7 Å². The predicted molar refractivity (Wildman–Crippen MR) is 202 cm³/mol. The molecule has 2 aliphatic rings. The first-order valence-electron chi connectivity index (χ1n) is 18.4. The molecule has 11 heteroatoms. The lowest BCUT2D eigenvalue weighted by Gasteiger charge is -2.55. The third-order valence-electron chi connectivity index (χ3n) is 11.2. The van der Waals surface area contributed by atoms with Crippen LogP contribution in [0.1, 0.15) is 120 Å². The van der Waals surface area contributed by atoms with E-state index in [2.05, 4.69) is 33.4 Å². The topological polar surface area (TPSA) is 149 Å². The number of hydrogen-bond donors (Lipinski definition) is 4. The van der Waals surface area contributed by atoms with Gasteiger partial charge in [0.1, 0.15) is 23.2 Å². The molecular weight excluding hydrogens is 658 g/mol. The summed E-state index contributed by atoms with van der Waals surface area (Å²) in [7, 11) is 0. The summed E-state index contributed by atoms with van der Waals surface area (Å²) in [5.74, 6) is -2.45. The normalized spacial score (nSPS) is 20.2. The van der Waals surface area contributed by atoms with E-state index in [9.17, 15) is 24.4 Å². The maximum Gasteiger partial charge on any atom is 0.408 e. The van der Waals surface area contributed by atoms with E-state index in [0.29, 0.717) is 0 Å². The Morgan fingerprint density at radius 1 is 0.731 bits per heavy atom. The Kier molecular flexibility index (Phi) is 11.1. The molecular formula is C41H60N5O6. The van der Waals surface area contributed by atoms with Crippen molar-refractivity contribution in [1.29, 1.82) is 0 Å². The third-order valence-corrected chi connectivity index (χ3v) is 11.2. The summed E-state index contributed by atoms with van der Waals surface area (Å²) in [5, 5.41) is 26.4. The second-order valence-electron chi connectivity index (χ2n) is 18.1. The Bertz CT molecular complexity index is 1630. The number of hydroxylamine groups is 2. The maximum absolute atomic E-state index is 14.8. The smallest absolute Gasteiger partial charge is 0.408 e. The van der Waals surface area contributed by atoms with Crippen LogP contribution in [0.15, 0.2) is 48.5 Å². The number of piperidine rings is 1. The van der Waals surface area contributed by atoms with Gasteiger partial charge in [0.25, 0.3) is 0 Å². The maximum atomic E-state index is 14.8. The van der Waals surface area contributed by atoms with Crippen LogP contribution >= 0.6 is 0 Å². The molecule has 285 valence electrons. The van der Waals surface area contributed by atoms with Crippen LogP contribution in [0.5, 0.6) is 0 Å². The predicted octanol–water partition coefficient (Wildman–Crippen LogP) is 6.24. The Balaban J connectivity index is 1.65. The minimum atomic E-state index is -1.63. The molecule has 0 unspecified atom stereocenters. The lowest BCUT2D eigenvalue weighted by atomic mass is 9.69. The monoisotopic (exact) mass is 718 g/mol. The molecule has 4 amide bonds. The highest BCUT2D eigenvalue weighted by Gasteiger charge is 2.59. The number of nitrogens with zero attached hydrogens (tertiary/aromatic N) is 1. The van der Waals surface area contributed by atoms with Crippen molar-refractivity contribution >= 4 is 23.8 Å². The molecule has 0 aromatic heterocycles. The van der Waals surface area contributed by atoms with Crippen molar-refractivity contribution in [2.45, 2.75) is 142 Å². The van der Waals surface area contributed by atoms with Gasteiger partial charge in [-0.2, -0.15) is 0 Å². The average molecular weight is 719 g/mol. The van der Waals surface area contributed by atoms with Gasteiger partial charge in [-0.25, -0.2) is 4.79 Å². The highest BCUT2D eigenvalue weighted by atomic mass is 16.5. The van der Waals surface area contributed by atoms with Crippen molar-refractivity contribution in [2.75, 3.05) is 6.61 Å². The van der Waals surface area contributed by atoms with Gasteiger partial charge < -0.3 is 26.0 Å². The SMILES string of the molecule is CC(C)[C@](C)(NC(=O)C1(NC(=O)OCC2c3ccccc3-c3ccccc32)CC(C)(C)N([O])C(C)(C)C1)C(=O)N[C@](C)(C(=O)NC(C)(C)C)C(C)C. The van der Waals surface area contributed by atoms with Gasteiger partial charge in [0.05, 0.1) is 0 Å². The van der Waals surface area contributed by atoms with Crippen molar-refractivity contribution < 1.29 is 29.1 Å². The Morgan fingerprint density at radius 3 is 1.60 bits per heavy atom. The number of nitrogens with one attached hydrogen (secondary N) is 4. The van der Waals surface area contributed by atoms with E-state index in [1.165, 1.54) is 0 Å². The molecule has 0 saturated carbocycles. The van der Waals surface area contributed by atoms with Crippen LogP contribution in [0.3, 0.4) is 0 Å². The summed E-state index contributed by atoms with van der Waals surface area (Å²) < 4.78 is 5.92. The van der Waals surface area contributed by atoms with Crippen molar-refractivity contribution in [3.63, 3.8) is 0 Å². The number of fused-ring (bicyclic) bond motifs is 3. The fourth-order valence-electron chi connectivity index (χ4n) is 7.76. The van der Waals surface area contributed by atoms with E-state index < -0.39 is 57.1 Å². The van der Waals surface area contributed by atoms with Gasteiger partial charge in [-0.1, -0.05) is 76.2 Å². The second-order valence-corrected chi connectivity index (χ2v) is 18.1. The fraction of sp³-hybridized carbons (Fsp3) is 0.610. The van der Waals surface area contributed by atoms with Crippen molar-refractivity contribution in [2.24, 2.45) is 11.8 Å². The highest BCUT2D eigenvalue weighted by Crippen LogP contribution is 2.45. The van der Waals surface area contributed by atoms with Crippen LogP contribution in [0.25, 0.3) is 11.1 Å².